The zero-order chi connectivity index (χ0) is 13.7. The summed E-state index contributed by atoms with van der Waals surface area (Å²) in [5.74, 6) is -0.164. The normalized spacial score (nSPS) is 11.6. The maximum absolute atomic E-state index is 13.6. The van der Waals surface area contributed by atoms with Crippen LogP contribution in [0.4, 0.5) is 4.39 Å². The van der Waals surface area contributed by atoms with Crippen LogP contribution in [0.3, 0.4) is 0 Å². The van der Waals surface area contributed by atoms with E-state index in [1.54, 1.807) is 6.07 Å². The van der Waals surface area contributed by atoms with E-state index in [9.17, 15) is 4.39 Å². The number of benzene rings is 1. The lowest BCUT2D eigenvalue weighted by Gasteiger charge is -2.20. The lowest BCUT2D eigenvalue weighted by atomic mass is 10.1. The van der Waals surface area contributed by atoms with E-state index < -0.39 is 0 Å². The first kappa shape index (κ1) is 14.1. The zero-order valence-corrected chi connectivity index (χ0v) is 11.9. The second-order valence-electron chi connectivity index (χ2n) is 5.07. The molecule has 0 fully saturated rings. The smallest absolute Gasteiger partial charge is 0.147 e. The monoisotopic (exact) mass is 262 g/mol. The van der Waals surface area contributed by atoms with E-state index >= 15 is 0 Å². The van der Waals surface area contributed by atoms with E-state index in [1.165, 1.54) is 24.5 Å². The minimum atomic E-state index is -0.164. The van der Waals surface area contributed by atoms with Crippen LogP contribution in [-0.4, -0.2) is 29.5 Å². The molecule has 1 aromatic heterocycles. The standard InChI is InChI=1S/C16H23FN2/c1-3-9-19(10-4-2)11-8-13-12-18-16-14(13)6-5-7-15(16)17/h5-7,12,18H,3-4,8-11H2,1-2H3. The van der Waals surface area contributed by atoms with Gasteiger partial charge in [0.2, 0.25) is 0 Å². The lowest BCUT2D eigenvalue weighted by molar-refractivity contribution is 0.278. The number of halogens is 1. The van der Waals surface area contributed by atoms with E-state index in [-0.39, 0.29) is 5.82 Å². The molecule has 0 spiro atoms. The summed E-state index contributed by atoms with van der Waals surface area (Å²) in [6, 6.07) is 5.28. The molecule has 0 saturated heterocycles. The molecule has 0 aliphatic carbocycles. The van der Waals surface area contributed by atoms with Gasteiger partial charge in [0.1, 0.15) is 5.82 Å². The van der Waals surface area contributed by atoms with Crippen molar-refractivity contribution in [2.24, 2.45) is 0 Å². The van der Waals surface area contributed by atoms with Crippen molar-refractivity contribution in [1.29, 1.82) is 0 Å². The van der Waals surface area contributed by atoms with Gasteiger partial charge in [0.15, 0.2) is 0 Å². The van der Waals surface area contributed by atoms with Gasteiger partial charge >= 0.3 is 0 Å². The van der Waals surface area contributed by atoms with E-state index in [0.29, 0.717) is 5.52 Å². The quantitative estimate of drug-likeness (QED) is 0.800. The SMILES string of the molecule is CCCN(CCC)CCc1c[nH]c2c(F)cccc12. The van der Waals surface area contributed by atoms with Crippen molar-refractivity contribution >= 4 is 10.9 Å². The third-order valence-electron chi connectivity index (χ3n) is 3.53. The van der Waals surface area contributed by atoms with E-state index in [0.717, 1.165) is 31.4 Å². The maximum atomic E-state index is 13.6. The van der Waals surface area contributed by atoms with E-state index in [2.05, 4.69) is 23.7 Å². The van der Waals surface area contributed by atoms with Crippen molar-refractivity contribution in [2.45, 2.75) is 33.1 Å². The summed E-state index contributed by atoms with van der Waals surface area (Å²) in [5.41, 5.74) is 1.85. The fourth-order valence-electron chi connectivity index (χ4n) is 2.63. The summed E-state index contributed by atoms with van der Waals surface area (Å²) in [4.78, 5) is 5.53. The van der Waals surface area contributed by atoms with Crippen molar-refractivity contribution in [3.05, 3.63) is 35.8 Å². The van der Waals surface area contributed by atoms with Crippen molar-refractivity contribution in [1.82, 2.24) is 9.88 Å². The molecular formula is C16H23FN2. The molecule has 0 radical (unpaired) electrons. The lowest BCUT2D eigenvalue weighted by Crippen LogP contribution is -2.27. The van der Waals surface area contributed by atoms with Crippen LogP contribution in [0.15, 0.2) is 24.4 Å². The number of hydrogen-bond acceptors (Lipinski definition) is 1. The molecule has 2 rings (SSSR count). The van der Waals surface area contributed by atoms with Gasteiger partial charge in [-0.05, 0) is 44.0 Å². The predicted octanol–water partition coefficient (Wildman–Crippen LogP) is 3.97. The molecule has 2 aromatic rings. The first-order valence-corrected chi connectivity index (χ1v) is 7.23. The fourth-order valence-corrected chi connectivity index (χ4v) is 2.63. The largest absolute Gasteiger partial charge is 0.359 e. The number of rotatable bonds is 7. The molecule has 0 aliphatic heterocycles. The first-order chi connectivity index (χ1) is 9.26. The summed E-state index contributed by atoms with van der Waals surface area (Å²) in [6.07, 6.45) is 5.29. The van der Waals surface area contributed by atoms with E-state index in [1.807, 2.05) is 12.3 Å². The molecule has 0 aliphatic rings. The van der Waals surface area contributed by atoms with Crippen LogP contribution < -0.4 is 0 Å². The average molecular weight is 262 g/mol. The Hall–Kier alpha value is -1.35. The number of aromatic amines is 1. The molecule has 1 N–H and O–H groups in total. The topological polar surface area (TPSA) is 19.0 Å². The van der Waals surface area contributed by atoms with Crippen LogP contribution in [0.1, 0.15) is 32.3 Å². The molecule has 0 unspecified atom stereocenters. The number of para-hydroxylation sites is 1. The Bertz CT molecular complexity index is 512. The second-order valence-corrected chi connectivity index (χ2v) is 5.07. The Morgan fingerprint density at radius 3 is 2.53 bits per heavy atom. The Morgan fingerprint density at radius 1 is 1.11 bits per heavy atom. The Morgan fingerprint density at radius 2 is 1.84 bits per heavy atom. The Kier molecular flexibility index (Phi) is 4.97. The van der Waals surface area contributed by atoms with Crippen molar-refractivity contribution in [2.75, 3.05) is 19.6 Å². The summed E-state index contributed by atoms with van der Waals surface area (Å²) in [7, 11) is 0. The molecule has 0 atom stereocenters. The van der Waals surface area contributed by atoms with Crippen LogP contribution >= 0.6 is 0 Å². The molecule has 0 amide bonds. The van der Waals surface area contributed by atoms with Crippen molar-refractivity contribution < 1.29 is 4.39 Å². The molecular weight excluding hydrogens is 239 g/mol. The van der Waals surface area contributed by atoms with E-state index in [4.69, 9.17) is 0 Å². The second kappa shape index (κ2) is 6.71. The fraction of sp³-hybridized carbons (Fsp3) is 0.500. The number of nitrogens with zero attached hydrogens (tertiary/aromatic N) is 1. The molecule has 1 heterocycles. The van der Waals surface area contributed by atoms with Crippen LogP contribution in [0.5, 0.6) is 0 Å². The molecule has 104 valence electrons. The van der Waals surface area contributed by atoms with Gasteiger partial charge in [-0.3, -0.25) is 0 Å². The third kappa shape index (κ3) is 3.35. The number of hydrogen-bond donors (Lipinski definition) is 1. The van der Waals surface area contributed by atoms with Crippen LogP contribution in [0, 0.1) is 5.82 Å². The molecule has 2 nitrogen and oxygen atoms in total. The highest BCUT2D eigenvalue weighted by Crippen LogP contribution is 2.21. The van der Waals surface area contributed by atoms with Crippen molar-refractivity contribution in [3.8, 4) is 0 Å². The minimum Gasteiger partial charge on any atom is -0.359 e. The van der Waals surface area contributed by atoms with Crippen LogP contribution in [-0.2, 0) is 6.42 Å². The highest BCUT2D eigenvalue weighted by Gasteiger charge is 2.09. The van der Waals surface area contributed by atoms with Gasteiger partial charge in [0.25, 0.3) is 0 Å². The molecule has 0 saturated carbocycles. The maximum Gasteiger partial charge on any atom is 0.147 e. The highest BCUT2D eigenvalue weighted by molar-refractivity contribution is 5.83. The van der Waals surface area contributed by atoms with Gasteiger partial charge in [-0.1, -0.05) is 26.0 Å². The number of aromatic nitrogens is 1. The molecule has 0 bridgehead atoms. The van der Waals surface area contributed by atoms with Gasteiger partial charge in [-0.25, -0.2) is 4.39 Å². The summed E-state index contributed by atoms with van der Waals surface area (Å²) >= 11 is 0. The number of nitrogens with one attached hydrogen (secondary N) is 1. The van der Waals surface area contributed by atoms with Crippen LogP contribution in [0.25, 0.3) is 10.9 Å². The zero-order valence-electron chi connectivity index (χ0n) is 11.9. The van der Waals surface area contributed by atoms with Gasteiger partial charge in [0.05, 0.1) is 5.52 Å². The first-order valence-electron chi connectivity index (χ1n) is 7.23. The van der Waals surface area contributed by atoms with Gasteiger partial charge in [0, 0.05) is 18.1 Å². The van der Waals surface area contributed by atoms with Crippen LogP contribution in [0.2, 0.25) is 0 Å². The molecule has 1 aromatic carbocycles. The Labute approximate surface area is 114 Å². The Balaban J connectivity index is 2.06. The summed E-state index contributed by atoms with van der Waals surface area (Å²) in [6.45, 7) is 7.76. The number of fused-ring (bicyclic) bond motifs is 1. The third-order valence-corrected chi connectivity index (χ3v) is 3.53. The average Bonchev–Trinajstić information content (AvgIpc) is 2.81. The molecule has 19 heavy (non-hydrogen) atoms. The number of H-pyrrole nitrogens is 1. The van der Waals surface area contributed by atoms with Gasteiger partial charge in [-0.15, -0.1) is 0 Å². The summed E-state index contributed by atoms with van der Waals surface area (Å²) in [5, 5.41) is 1.02. The predicted molar refractivity (Wildman–Crippen MR) is 79.0 cm³/mol. The van der Waals surface area contributed by atoms with Gasteiger partial charge < -0.3 is 9.88 Å². The van der Waals surface area contributed by atoms with Crippen molar-refractivity contribution in [3.63, 3.8) is 0 Å². The molecule has 3 heteroatoms. The van der Waals surface area contributed by atoms with Gasteiger partial charge in [-0.2, -0.15) is 0 Å². The summed E-state index contributed by atoms with van der Waals surface area (Å²) < 4.78 is 13.6. The highest BCUT2D eigenvalue weighted by atomic mass is 19.1. The minimum absolute atomic E-state index is 0.164.